The number of ketones is 1. The third-order valence-electron chi connectivity index (χ3n) is 2.05. The molecule has 0 N–H and O–H groups in total. The summed E-state index contributed by atoms with van der Waals surface area (Å²) < 4.78 is 5.13. The molecule has 2 nitrogen and oxygen atoms in total. The van der Waals surface area contributed by atoms with Gasteiger partial charge in [0, 0.05) is 12.0 Å². The molecule has 0 fully saturated rings. The van der Waals surface area contributed by atoms with Gasteiger partial charge in [-0.15, -0.1) is 0 Å². The maximum Gasteiger partial charge on any atom is 0.162 e. The molecule has 13 heavy (non-hydrogen) atoms. The lowest BCUT2D eigenvalue weighted by Crippen LogP contribution is -1.97. The third-order valence-corrected chi connectivity index (χ3v) is 2.05. The van der Waals surface area contributed by atoms with E-state index in [0.717, 1.165) is 16.9 Å². The van der Waals surface area contributed by atoms with Gasteiger partial charge in [0.05, 0.1) is 7.11 Å². The SMILES string of the molecule is CCC(=O)c1ccc(C)c(OC)c1. The largest absolute Gasteiger partial charge is 0.496 e. The van der Waals surface area contributed by atoms with Crippen LogP contribution in [0.25, 0.3) is 0 Å². The first-order chi connectivity index (χ1) is 6.19. The van der Waals surface area contributed by atoms with E-state index >= 15 is 0 Å². The fourth-order valence-electron chi connectivity index (χ4n) is 1.20. The number of hydrogen-bond acceptors (Lipinski definition) is 2. The zero-order chi connectivity index (χ0) is 9.84. The molecule has 0 bridgehead atoms. The van der Waals surface area contributed by atoms with Crippen molar-refractivity contribution in [3.05, 3.63) is 29.3 Å². The van der Waals surface area contributed by atoms with Crippen LogP contribution in [-0.4, -0.2) is 12.9 Å². The average molecular weight is 178 g/mol. The van der Waals surface area contributed by atoms with Crippen LogP contribution in [0.4, 0.5) is 0 Å². The highest BCUT2D eigenvalue weighted by atomic mass is 16.5. The van der Waals surface area contributed by atoms with Gasteiger partial charge in [-0.3, -0.25) is 4.79 Å². The molecule has 0 spiro atoms. The van der Waals surface area contributed by atoms with Crippen molar-refractivity contribution in [2.75, 3.05) is 7.11 Å². The zero-order valence-corrected chi connectivity index (χ0v) is 8.26. The predicted octanol–water partition coefficient (Wildman–Crippen LogP) is 2.60. The molecule has 1 rings (SSSR count). The molecule has 0 saturated heterocycles. The molecular weight excluding hydrogens is 164 g/mol. The first kappa shape index (κ1) is 9.78. The molecule has 0 aliphatic carbocycles. The highest BCUT2D eigenvalue weighted by Gasteiger charge is 2.05. The van der Waals surface area contributed by atoms with Crippen molar-refractivity contribution in [2.24, 2.45) is 0 Å². The summed E-state index contributed by atoms with van der Waals surface area (Å²) in [5, 5.41) is 0. The number of aryl methyl sites for hydroxylation is 1. The summed E-state index contributed by atoms with van der Waals surface area (Å²) in [7, 11) is 1.61. The Bertz CT molecular complexity index is 316. The summed E-state index contributed by atoms with van der Waals surface area (Å²) in [5.41, 5.74) is 1.78. The number of ether oxygens (including phenoxy) is 1. The lowest BCUT2D eigenvalue weighted by Gasteiger charge is -2.05. The van der Waals surface area contributed by atoms with Crippen LogP contribution < -0.4 is 4.74 Å². The summed E-state index contributed by atoms with van der Waals surface area (Å²) in [6.45, 7) is 3.81. The Kier molecular flexibility index (Phi) is 3.07. The second-order valence-corrected chi connectivity index (χ2v) is 2.96. The normalized spacial score (nSPS) is 9.77. The number of methoxy groups -OCH3 is 1. The van der Waals surface area contributed by atoms with E-state index in [1.54, 1.807) is 13.2 Å². The lowest BCUT2D eigenvalue weighted by atomic mass is 10.1. The second kappa shape index (κ2) is 4.08. The zero-order valence-electron chi connectivity index (χ0n) is 8.26. The molecule has 1 aromatic rings. The second-order valence-electron chi connectivity index (χ2n) is 2.96. The molecule has 2 heteroatoms. The number of hydrogen-bond donors (Lipinski definition) is 0. The Labute approximate surface area is 78.5 Å². The Morgan fingerprint density at radius 1 is 1.46 bits per heavy atom. The van der Waals surface area contributed by atoms with Crippen LogP contribution >= 0.6 is 0 Å². The quantitative estimate of drug-likeness (QED) is 0.665. The Balaban J connectivity index is 3.06. The molecule has 0 saturated carbocycles. The minimum Gasteiger partial charge on any atom is -0.496 e. The molecule has 0 aromatic heterocycles. The maximum atomic E-state index is 11.3. The molecule has 0 unspecified atom stereocenters. The van der Waals surface area contributed by atoms with Crippen molar-refractivity contribution in [1.29, 1.82) is 0 Å². The fourth-order valence-corrected chi connectivity index (χ4v) is 1.20. The molecule has 70 valence electrons. The Morgan fingerprint density at radius 3 is 2.69 bits per heavy atom. The minimum atomic E-state index is 0.151. The number of Topliss-reactive ketones (excluding diaryl/α,β-unsaturated/α-hetero) is 1. The number of rotatable bonds is 3. The molecule has 0 radical (unpaired) electrons. The van der Waals surface area contributed by atoms with Gasteiger partial charge in [-0.25, -0.2) is 0 Å². The predicted molar refractivity (Wildman–Crippen MR) is 52.4 cm³/mol. The van der Waals surface area contributed by atoms with E-state index in [4.69, 9.17) is 4.74 Å². The highest BCUT2D eigenvalue weighted by molar-refractivity contribution is 5.96. The van der Waals surface area contributed by atoms with E-state index in [0.29, 0.717) is 6.42 Å². The third kappa shape index (κ3) is 2.08. The summed E-state index contributed by atoms with van der Waals surface area (Å²) in [6, 6.07) is 5.53. The number of carbonyl (C=O) groups excluding carboxylic acids is 1. The van der Waals surface area contributed by atoms with E-state index < -0.39 is 0 Å². The van der Waals surface area contributed by atoms with Gasteiger partial charge in [-0.05, 0) is 18.6 Å². The van der Waals surface area contributed by atoms with Crippen LogP contribution in [0.5, 0.6) is 5.75 Å². The summed E-state index contributed by atoms with van der Waals surface area (Å²) in [5.74, 6) is 0.928. The van der Waals surface area contributed by atoms with Crippen LogP contribution in [-0.2, 0) is 0 Å². The number of carbonyl (C=O) groups is 1. The van der Waals surface area contributed by atoms with Crippen LogP contribution in [0.15, 0.2) is 18.2 Å². The fraction of sp³-hybridized carbons (Fsp3) is 0.364. The monoisotopic (exact) mass is 178 g/mol. The maximum absolute atomic E-state index is 11.3. The van der Waals surface area contributed by atoms with Gasteiger partial charge in [0.1, 0.15) is 5.75 Å². The van der Waals surface area contributed by atoms with Crippen molar-refractivity contribution in [3.8, 4) is 5.75 Å². The van der Waals surface area contributed by atoms with Gasteiger partial charge in [-0.2, -0.15) is 0 Å². The highest BCUT2D eigenvalue weighted by Crippen LogP contribution is 2.19. The molecule has 0 atom stereocenters. The van der Waals surface area contributed by atoms with Crippen molar-refractivity contribution in [1.82, 2.24) is 0 Å². The Hall–Kier alpha value is -1.31. The summed E-state index contributed by atoms with van der Waals surface area (Å²) in [4.78, 5) is 11.3. The topological polar surface area (TPSA) is 26.3 Å². The lowest BCUT2D eigenvalue weighted by molar-refractivity contribution is 0.0988. The van der Waals surface area contributed by atoms with E-state index in [9.17, 15) is 4.79 Å². The van der Waals surface area contributed by atoms with Crippen LogP contribution in [0, 0.1) is 6.92 Å². The smallest absolute Gasteiger partial charge is 0.162 e. The standard InChI is InChI=1S/C11H14O2/c1-4-10(12)9-6-5-8(2)11(7-9)13-3/h5-7H,4H2,1-3H3. The summed E-state index contributed by atoms with van der Waals surface area (Å²) >= 11 is 0. The van der Waals surface area contributed by atoms with E-state index in [1.165, 1.54) is 0 Å². The molecule has 0 amide bonds. The van der Waals surface area contributed by atoms with Crippen molar-refractivity contribution >= 4 is 5.78 Å². The first-order valence-corrected chi connectivity index (χ1v) is 4.37. The van der Waals surface area contributed by atoms with Crippen LogP contribution in [0.2, 0.25) is 0 Å². The minimum absolute atomic E-state index is 0.151. The summed E-state index contributed by atoms with van der Waals surface area (Å²) in [6.07, 6.45) is 0.534. The molecule has 0 aliphatic rings. The van der Waals surface area contributed by atoms with Gasteiger partial charge < -0.3 is 4.74 Å². The Morgan fingerprint density at radius 2 is 2.15 bits per heavy atom. The number of benzene rings is 1. The molecular formula is C11H14O2. The molecule has 0 aliphatic heterocycles. The van der Waals surface area contributed by atoms with Crippen molar-refractivity contribution < 1.29 is 9.53 Å². The van der Waals surface area contributed by atoms with Crippen molar-refractivity contribution in [2.45, 2.75) is 20.3 Å². The van der Waals surface area contributed by atoms with Crippen LogP contribution in [0.1, 0.15) is 29.3 Å². The van der Waals surface area contributed by atoms with E-state index in [-0.39, 0.29) is 5.78 Å². The molecule has 1 aromatic carbocycles. The van der Waals surface area contributed by atoms with Gasteiger partial charge >= 0.3 is 0 Å². The first-order valence-electron chi connectivity index (χ1n) is 4.37. The van der Waals surface area contributed by atoms with Gasteiger partial charge in [0.2, 0.25) is 0 Å². The van der Waals surface area contributed by atoms with E-state index in [2.05, 4.69) is 0 Å². The molecule has 0 heterocycles. The average Bonchev–Trinajstić information content (AvgIpc) is 2.17. The van der Waals surface area contributed by atoms with Gasteiger partial charge in [0.25, 0.3) is 0 Å². The van der Waals surface area contributed by atoms with Crippen molar-refractivity contribution in [3.63, 3.8) is 0 Å². The van der Waals surface area contributed by atoms with Crippen LogP contribution in [0.3, 0.4) is 0 Å². The van der Waals surface area contributed by atoms with E-state index in [1.807, 2.05) is 26.0 Å². The van der Waals surface area contributed by atoms with Gasteiger partial charge in [0.15, 0.2) is 5.78 Å². The van der Waals surface area contributed by atoms with Gasteiger partial charge in [-0.1, -0.05) is 19.1 Å².